The minimum absolute atomic E-state index is 0.127. The smallest absolute Gasteiger partial charge is 0.323 e. The molecule has 8 nitrogen and oxygen atoms in total. The topological polar surface area (TPSA) is 68.1 Å². The molecule has 4 rings (SSSR count). The summed E-state index contributed by atoms with van der Waals surface area (Å²) in [7, 11) is 2.17. The molecule has 1 aromatic carbocycles. The molecule has 2 aromatic rings. The molecular formula is C20H28N6O2. The number of rotatable bonds is 3. The van der Waals surface area contributed by atoms with E-state index in [4.69, 9.17) is 4.52 Å². The van der Waals surface area contributed by atoms with Crippen molar-refractivity contribution in [2.75, 3.05) is 74.5 Å². The summed E-state index contributed by atoms with van der Waals surface area (Å²) in [5, 5.41) is 6.60. The standard InChI is InChI=1S/C20H28N6O2/c1-16-15-19(22-28-16)21-20(27)26-13-11-25(12-14-26)18-5-3-17(4-6-18)24-9-7-23(2)8-10-24/h3-6,15H,7-14H2,1-2H3,(H,21,22,27). The molecule has 2 amide bonds. The van der Waals surface area contributed by atoms with Gasteiger partial charge in [0.25, 0.3) is 0 Å². The number of piperazine rings is 2. The van der Waals surface area contributed by atoms with Crippen LogP contribution in [0.2, 0.25) is 0 Å². The summed E-state index contributed by atoms with van der Waals surface area (Å²) in [6.45, 7) is 9.18. The van der Waals surface area contributed by atoms with Crippen LogP contribution in [0.15, 0.2) is 34.9 Å². The zero-order chi connectivity index (χ0) is 19.5. The van der Waals surface area contributed by atoms with E-state index >= 15 is 0 Å². The monoisotopic (exact) mass is 384 g/mol. The number of nitrogens with one attached hydrogen (secondary N) is 1. The minimum atomic E-state index is -0.127. The molecule has 0 aliphatic carbocycles. The number of carbonyl (C=O) groups is 1. The third-order valence-corrected chi connectivity index (χ3v) is 5.51. The first-order valence-corrected chi connectivity index (χ1v) is 9.86. The van der Waals surface area contributed by atoms with Crippen molar-refractivity contribution in [3.8, 4) is 0 Å². The normalized spacial score (nSPS) is 18.4. The van der Waals surface area contributed by atoms with Gasteiger partial charge in [-0.1, -0.05) is 5.16 Å². The second kappa shape index (κ2) is 8.10. The number of benzene rings is 1. The summed E-state index contributed by atoms with van der Waals surface area (Å²) in [4.78, 5) is 21.3. The fraction of sp³-hybridized carbons (Fsp3) is 0.500. The van der Waals surface area contributed by atoms with Crippen LogP contribution in [0, 0.1) is 6.92 Å². The van der Waals surface area contributed by atoms with Crippen LogP contribution in [-0.2, 0) is 0 Å². The lowest BCUT2D eigenvalue weighted by Gasteiger charge is -2.36. The molecule has 1 aromatic heterocycles. The lowest BCUT2D eigenvalue weighted by atomic mass is 10.2. The van der Waals surface area contributed by atoms with E-state index in [1.165, 1.54) is 11.4 Å². The number of amides is 2. The molecule has 2 aliphatic heterocycles. The molecule has 0 bridgehead atoms. The highest BCUT2D eigenvalue weighted by Crippen LogP contribution is 2.23. The number of hydrogen-bond donors (Lipinski definition) is 1. The quantitative estimate of drug-likeness (QED) is 0.874. The van der Waals surface area contributed by atoms with Gasteiger partial charge in [-0.05, 0) is 38.2 Å². The average molecular weight is 384 g/mol. The van der Waals surface area contributed by atoms with Gasteiger partial charge < -0.3 is 24.1 Å². The number of urea groups is 1. The van der Waals surface area contributed by atoms with Crippen LogP contribution in [0.3, 0.4) is 0 Å². The van der Waals surface area contributed by atoms with Gasteiger partial charge in [0, 0.05) is 69.8 Å². The average Bonchev–Trinajstić information content (AvgIpc) is 3.13. The zero-order valence-electron chi connectivity index (χ0n) is 16.6. The SMILES string of the molecule is Cc1cc(NC(=O)N2CCN(c3ccc(N4CCN(C)CC4)cc3)CC2)no1. The Morgan fingerprint density at radius 2 is 1.46 bits per heavy atom. The van der Waals surface area contributed by atoms with Crippen molar-refractivity contribution in [3.05, 3.63) is 36.1 Å². The summed E-state index contributed by atoms with van der Waals surface area (Å²) in [5.41, 5.74) is 2.50. The summed E-state index contributed by atoms with van der Waals surface area (Å²) in [6, 6.07) is 10.4. The predicted molar refractivity (Wildman–Crippen MR) is 110 cm³/mol. The third-order valence-electron chi connectivity index (χ3n) is 5.51. The Balaban J connectivity index is 1.29. The molecule has 2 aliphatic rings. The largest absolute Gasteiger partial charge is 0.369 e. The molecule has 2 fully saturated rings. The third kappa shape index (κ3) is 4.22. The van der Waals surface area contributed by atoms with E-state index in [-0.39, 0.29) is 6.03 Å². The van der Waals surface area contributed by atoms with Crippen molar-refractivity contribution < 1.29 is 9.32 Å². The van der Waals surface area contributed by atoms with Crippen LogP contribution in [0.5, 0.6) is 0 Å². The van der Waals surface area contributed by atoms with E-state index in [0.29, 0.717) is 24.7 Å². The Kier molecular flexibility index (Phi) is 5.38. The van der Waals surface area contributed by atoms with E-state index in [1.807, 2.05) is 4.90 Å². The zero-order valence-corrected chi connectivity index (χ0v) is 16.6. The van der Waals surface area contributed by atoms with Gasteiger partial charge in [-0.3, -0.25) is 5.32 Å². The molecule has 0 radical (unpaired) electrons. The molecule has 8 heteroatoms. The summed E-state index contributed by atoms with van der Waals surface area (Å²) >= 11 is 0. The van der Waals surface area contributed by atoms with Crippen molar-refractivity contribution in [1.82, 2.24) is 15.0 Å². The number of aryl methyl sites for hydroxylation is 1. The minimum Gasteiger partial charge on any atom is -0.369 e. The Morgan fingerprint density at radius 1 is 0.929 bits per heavy atom. The first-order chi connectivity index (χ1) is 13.6. The van der Waals surface area contributed by atoms with Gasteiger partial charge in [0.1, 0.15) is 5.76 Å². The van der Waals surface area contributed by atoms with Gasteiger partial charge in [0.05, 0.1) is 0 Å². The van der Waals surface area contributed by atoms with E-state index in [9.17, 15) is 4.79 Å². The molecule has 0 unspecified atom stereocenters. The van der Waals surface area contributed by atoms with Gasteiger partial charge in [0.15, 0.2) is 5.82 Å². The highest BCUT2D eigenvalue weighted by Gasteiger charge is 2.22. The fourth-order valence-electron chi connectivity index (χ4n) is 3.72. The number of likely N-dealkylation sites (N-methyl/N-ethyl adjacent to an activating group) is 1. The highest BCUT2D eigenvalue weighted by molar-refractivity contribution is 5.88. The second-order valence-electron chi connectivity index (χ2n) is 7.53. The van der Waals surface area contributed by atoms with Crippen LogP contribution >= 0.6 is 0 Å². The molecule has 0 spiro atoms. The summed E-state index contributed by atoms with van der Waals surface area (Å²) < 4.78 is 4.99. The first kappa shape index (κ1) is 18.6. The maximum Gasteiger partial charge on any atom is 0.323 e. The predicted octanol–water partition coefficient (Wildman–Crippen LogP) is 2.09. The molecule has 0 atom stereocenters. The number of carbonyl (C=O) groups excluding carboxylic acids is 1. The van der Waals surface area contributed by atoms with Gasteiger partial charge in [-0.25, -0.2) is 4.79 Å². The molecule has 3 heterocycles. The van der Waals surface area contributed by atoms with Crippen LogP contribution in [0.4, 0.5) is 22.0 Å². The second-order valence-corrected chi connectivity index (χ2v) is 7.53. The Labute approximate surface area is 165 Å². The molecule has 150 valence electrons. The van der Waals surface area contributed by atoms with Gasteiger partial charge in [-0.15, -0.1) is 0 Å². The van der Waals surface area contributed by atoms with E-state index in [1.54, 1.807) is 13.0 Å². The van der Waals surface area contributed by atoms with Crippen LogP contribution in [0.1, 0.15) is 5.76 Å². The Hall–Kier alpha value is -2.74. The lowest BCUT2D eigenvalue weighted by Crippen LogP contribution is -2.50. The summed E-state index contributed by atoms with van der Waals surface area (Å²) in [6.07, 6.45) is 0. The van der Waals surface area contributed by atoms with Crippen LogP contribution < -0.4 is 15.1 Å². The number of nitrogens with zero attached hydrogens (tertiary/aromatic N) is 5. The molecular weight excluding hydrogens is 356 g/mol. The van der Waals surface area contributed by atoms with Crippen molar-refractivity contribution in [1.29, 1.82) is 0 Å². The van der Waals surface area contributed by atoms with Crippen molar-refractivity contribution in [2.45, 2.75) is 6.92 Å². The first-order valence-electron chi connectivity index (χ1n) is 9.86. The van der Waals surface area contributed by atoms with Crippen molar-refractivity contribution >= 4 is 23.2 Å². The number of aromatic nitrogens is 1. The molecule has 1 N–H and O–H groups in total. The van der Waals surface area contributed by atoms with Gasteiger partial charge in [-0.2, -0.15) is 0 Å². The fourth-order valence-corrected chi connectivity index (χ4v) is 3.72. The Morgan fingerprint density at radius 3 is 1.96 bits per heavy atom. The summed E-state index contributed by atoms with van der Waals surface area (Å²) in [5.74, 6) is 1.14. The van der Waals surface area contributed by atoms with Gasteiger partial charge >= 0.3 is 6.03 Å². The van der Waals surface area contributed by atoms with Crippen LogP contribution in [-0.4, -0.2) is 80.4 Å². The van der Waals surface area contributed by atoms with Crippen molar-refractivity contribution in [3.63, 3.8) is 0 Å². The molecule has 0 saturated carbocycles. The highest BCUT2D eigenvalue weighted by atomic mass is 16.5. The number of hydrogen-bond acceptors (Lipinski definition) is 6. The van der Waals surface area contributed by atoms with Crippen molar-refractivity contribution in [2.24, 2.45) is 0 Å². The molecule has 28 heavy (non-hydrogen) atoms. The maximum absolute atomic E-state index is 12.4. The maximum atomic E-state index is 12.4. The molecule has 2 saturated heterocycles. The van der Waals surface area contributed by atoms with E-state index < -0.39 is 0 Å². The van der Waals surface area contributed by atoms with Crippen LogP contribution in [0.25, 0.3) is 0 Å². The van der Waals surface area contributed by atoms with Gasteiger partial charge in [0.2, 0.25) is 0 Å². The lowest BCUT2D eigenvalue weighted by molar-refractivity contribution is 0.208. The van der Waals surface area contributed by atoms with E-state index in [0.717, 1.165) is 39.3 Å². The Bertz CT molecular complexity index is 789. The van der Waals surface area contributed by atoms with E-state index in [2.05, 4.69) is 56.5 Å². The number of anilines is 3.